The van der Waals surface area contributed by atoms with Gasteiger partial charge < -0.3 is 9.84 Å². The molecule has 0 aromatic heterocycles. The van der Waals surface area contributed by atoms with Gasteiger partial charge in [0.05, 0.1) is 13.2 Å². The fraction of sp³-hybridized carbons (Fsp3) is 0.833. The average molecular weight is 186 g/mol. The normalized spacial score (nSPS) is 14.1. The van der Waals surface area contributed by atoms with Crippen molar-refractivity contribution in [3.8, 4) is 0 Å². The van der Waals surface area contributed by atoms with E-state index in [1.54, 1.807) is 0 Å². The van der Waals surface area contributed by atoms with Gasteiger partial charge in [0.2, 0.25) is 0 Å². The summed E-state index contributed by atoms with van der Waals surface area (Å²) in [5, 5.41) is 8.24. The first kappa shape index (κ1) is 11.2. The van der Waals surface area contributed by atoms with E-state index in [-0.39, 0.29) is 6.61 Å². The van der Waals surface area contributed by atoms with Gasteiger partial charge in [-0.15, -0.1) is 0 Å². The highest BCUT2D eigenvalue weighted by Crippen LogP contribution is 2.26. The van der Waals surface area contributed by atoms with Crippen molar-refractivity contribution in [3.63, 3.8) is 0 Å². The number of carbonyl (C=O) groups excluding carboxylic acids is 1. The van der Waals surface area contributed by atoms with Gasteiger partial charge in [-0.2, -0.15) is 13.2 Å². The Bertz CT molecular complexity index is 155. The lowest BCUT2D eigenvalue weighted by Crippen LogP contribution is -2.35. The minimum absolute atomic E-state index is 0.134. The molecule has 0 aliphatic rings. The molecule has 0 saturated heterocycles. The van der Waals surface area contributed by atoms with Gasteiger partial charge in [0, 0.05) is 0 Å². The molecule has 0 bridgehead atoms. The number of carbonyl (C=O) groups is 1. The maximum atomic E-state index is 11.8. The van der Waals surface area contributed by atoms with E-state index in [4.69, 9.17) is 5.11 Å². The third kappa shape index (κ3) is 3.08. The van der Waals surface area contributed by atoms with E-state index in [0.29, 0.717) is 0 Å². The van der Waals surface area contributed by atoms with Gasteiger partial charge in [-0.05, 0) is 6.92 Å². The molecule has 3 nitrogen and oxygen atoms in total. The molecule has 0 saturated carbocycles. The number of hydrogen-bond donors (Lipinski definition) is 1. The zero-order valence-electron chi connectivity index (χ0n) is 6.39. The molecule has 1 N–H and O–H groups in total. The Balaban J connectivity index is 4.25. The number of halogens is 3. The van der Waals surface area contributed by atoms with Gasteiger partial charge in [0.25, 0.3) is 0 Å². The van der Waals surface area contributed by atoms with Crippen molar-refractivity contribution in [1.29, 1.82) is 0 Å². The smallest absolute Gasteiger partial charge is 0.404 e. The summed E-state index contributed by atoms with van der Waals surface area (Å²) in [6, 6.07) is 0. The standard InChI is InChI=1S/C6H9F3O3/c1-2-12-5(11)4(3-10)6(7,8)9/h4,10H,2-3H2,1H3/t4-/m0/s1. The van der Waals surface area contributed by atoms with E-state index >= 15 is 0 Å². The van der Waals surface area contributed by atoms with Gasteiger partial charge in [-0.3, -0.25) is 4.79 Å². The molecule has 0 rings (SSSR count). The highest BCUT2D eigenvalue weighted by Gasteiger charge is 2.45. The number of hydrogen-bond acceptors (Lipinski definition) is 3. The Morgan fingerprint density at radius 3 is 2.33 bits per heavy atom. The molecular weight excluding hydrogens is 177 g/mol. The Kier molecular flexibility index (Phi) is 4.02. The highest BCUT2D eigenvalue weighted by atomic mass is 19.4. The van der Waals surface area contributed by atoms with E-state index < -0.39 is 24.7 Å². The summed E-state index contributed by atoms with van der Waals surface area (Å²) < 4.78 is 39.6. The number of ether oxygens (including phenoxy) is 1. The van der Waals surface area contributed by atoms with Crippen LogP contribution < -0.4 is 0 Å². The van der Waals surface area contributed by atoms with Crippen molar-refractivity contribution in [1.82, 2.24) is 0 Å². The Hall–Kier alpha value is -0.780. The molecular formula is C6H9F3O3. The molecule has 0 amide bonds. The third-order valence-corrected chi connectivity index (χ3v) is 1.15. The lowest BCUT2D eigenvalue weighted by molar-refractivity contribution is -0.203. The zero-order chi connectivity index (χ0) is 9.78. The zero-order valence-corrected chi connectivity index (χ0v) is 6.39. The van der Waals surface area contributed by atoms with E-state index in [2.05, 4.69) is 4.74 Å². The number of esters is 1. The minimum atomic E-state index is -4.74. The van der Waals surface area contributed by atoms with Crippen molar-refractivity contribution in [2.45, 2.75) is 13.1 Å². The molecule has 6 heteroatoms. The second-order valence-electron chi connectivity index (χ2n) is 2.03. The van der Waals surface area contributed by atoms with Crippen molar-refractivity contribution < 1.29 is 27.8 Å². The molecule has 72 valence electrons. The molecule has 0 fully saturated rings. The summed E-state index contributed by atoms with van der Waals surface area (Å²) in [6.07, 6.45) is -4.74. The van der Waals surface area contributed by atoms with Gasteiger partial charge in [-0.25, -0.2) is 0 Å². The second-order valence-corrected chi connectivity index (χ2v) is 2.03. The minimum Gasteiger partial charge on any atom is -0.465 e. The van der Waals surface area contributed by atoms with Crippen LogP contribution >= 0.6 is 0 Å². The van der Waals surface area contributed by atoms with Crippen LogP contribution in [0.5, 0.6) is 0 Å². The second kappa shape index (κ2) is 4.30. The third-order valence-electron chi connectivity index (χ3n) is 1.15. The van der Waals surface area contributed by atoms with E-state index in [0.717, 1.165) is 0 Å². The predicted molar refractivity (Wildman–Crippen MR) is 33.3 cm³/mol. The van der Waals surface area contributed by atoms with Crippen LogP contribution in [0.15, 0.2) is 0 Å². The largest absolute Gasteiger partial charge is 0.465 e. The van der Waals surface area contributed by atoms with Crippen molar-refractivity contribution in [2.24, 2.45) is 5.92 Å². The number of aliphatic hydroxyl groups is 1. The molecule has 0 radical (unpaired) electrons. The summed E-state index contributed by atoms with van der Waals surface area (Å²) in [4.78, 5) is 10.5. The monoisotopic (exact) mass is 186 g/mol. The molecule has 0 spiro atoms. The summed E-state index contributed by atoms with van der Waals surface area (Å²) >= 11 is 0. The predicted octanol–water partition coefficient (Wildman–Crippen LogP) is 0.720. The number of alkyl halides is 3. The maximum absolute atomic E-state index is 11.8. The van der Waals surface area contributed by atoms with Gasteiger partial charge in [-0.1, -0.05) is 0 Å². The maximum Gasteiger partial charge on any atom is 0.404 e. The molecule has 12 heavy (non-hydrogen) atoms. The van der Waals surface area contributed by atoms with E-state index in [9.17, 15) is 18.0 Å². The Morgan fingerprint density at radius 2 is 2.08 bits per heavy atom. The van der Waals surface area contributed by atoms with E-state index in [1.807, 2.05) is 0 Å². The molecule has 0 aromatic carbocycles. The molecule has 1 atom stereocenters. The van der Waals surface area contributed by atoms with E-state index in [1.165, 1.54) is 6.92 Å². The Labute approximate surface area is 67.1 Å². The molecule has 0 aliphatic heterocycles. The topological polar surface area (TPSA) is 46.5 Å². The van der Waals surface area contributed by atoms with Gasteiger partial charge in [0.15, 0.2) is 5.92 Å². The molecule has 0 heterocycles. The lowest BCUT2D eigenvalue weighted by atomic mass is 10.1. The lowest BCUT2D eigenvalue weighted by Gasteiger charge is -2.15. The first-order chi connectivity index (χ1) is 5.43. The fourth-order valence-electron chi connectivity index (χ4n) is 0.555. The fourth-order valence-corrected chi connectivity index (χ4v) is 0.555. The van der Waals surface area contributed by atoms with Crippen LogP contribution in [0, 0.1) is 5.92 Å². The molecule has 0 unspecified atom stereocenters. The number of aliphatic hydroxyl groups excluding tert-OH is 1. The summed E-state index contributed by atoms with van der Waals surface area (Å²) in [5.74, 6) is -3.86. The summed E-state index contributed by atoms with van der Waals surface area (Å²) in [5.41, 5.74) is 0. The first-order valence-corrected chi connectivity index (χ1v) is 3.27. The van der Waals surface area contributed by atoms with Crippen LogP contribution in [0.25, 0.3) is 0 Å². The van der Waals surface area contributed by atoms with Crippen LogP contribution in [0.2, 0.25) is 0 Å². The highest BCUT2D eigenvalue weighted by molar-refractivity contribution is 5.73. The van der Waals surface area contributed by atoms with Crippen molar-refractivity contribution >= 4 is 5.97 Å². The van der Waals surface area contributed by atoms with Crippen molar-refractivity contribution in [3.05, 3.63) is 0 Å². The van der Waals surface area contributed by atoms with Gasteiger partial charge >= 0.3 is 12.1 Å². The average Bonchev–Trinajstić information content (AvgIpc) is 1.85. The van der Waals surface area contributed by atoms with Crippen LogP contribution in [0.1, 0.15) is 6.92 Å². The summed E-state index contributed by atoms with van der Waals surface area (Å²) in [7, 11) is 0. The van der Waals surface area contributed by atoms with Crippen LogP contribution in [0.3, 0.4) is 0 Å². The van der Waals surface area contributed by atoms with Gasteiger partial charge in [0.1, 0.15) is 0 Å². The quantitative estimate of drug-likeness (QED) is 0.660. The first-order valence-electron chi connectivity index (χ1n) is 3.27. The van der Waals surface area contributed by atoms with Crippen molar-refractivity contribution in [2.75, 3.05) is 13.2 Å². The molecule has 0 aromatic rings. The SMILES string of the molecule is CCOC(=O)[C@H](CO)C(F)(F)F. The van der Waals surface area contributed by atoms with Crippen LogP contribution in [-0.4, -0.2) is 30.5 Å². The van der Waals surface area contributed by atoms with Crippen LogP contribution in [-0.2, 0) is 9.53 Å². The molecule has 0 aliphatic carbocycles. The number of rotatable bonds is 3. The van der Waals surface area contributed by atoms with Crippen LogP contribution in [0.4, 0.5) is 13.2 Å². The Morgan fingerprint density at radius 1 is 1.58 bits per heavy atom. The summed E-state index contributed by atoms with van der Waals surface area (Å²) in [6.45, 7) is -0.0174.